The number of hydrogen-bond donors (Lipinski definition) is 0. The summed E-state index contributed by atoms with van der Waals surface area (Å²) in [6.07, 6.45) is 0. The van der Waals surface area contributed by atoms with Crippen LogP contribution >= 0.6 is 0 Å². The molecule has 0 saturated carbocycles. The van der Waals surface area contributed by atoms with Gasteiger partial charge in [0.15, 0.2) is 17.5 Å². The number of nitrogens with zero attached hydrogens (tertiary/aromatic N) is 4. The third-order valence-corrected chi connectivity index (χ3v) is 11.5. The molecule has 11 rings (SSSR count). The second-order valence-corrected chi connectivity index (χ2v) is 15.4. The quantitative estimate of drug-likeness (QED) is 0.144. The molecule has 290 valence electrons. The van der Waals surface area contributed by atoms with Crippen molar-refractivity contribution in [1.82, 2.24) is 19.9 Å². The molecule has 2 heterocycles. The van der Waals surface area contributed by atoms with E-state index in [1.807, 2.05) is 48.5 Å². The molecule has 9 aromatic carbocycles. The molecular formula is C58H38N4. The highest BCUT2D eigenvalue weighted by atomic mass is 15.0. The van der Waals surface area contributed by atoms with Crippen molar-refractivity contribution in [3.63, 3.8) is 0 Å². The lowest BCUT2D eigenvalue weighted by Gasteiger charge is -2.17. The summed E-state index contributed by atoms with van der Waals surface area (Å²) in [5.74, 6) is 1.83. The third-order valence-electron chi connectivity index (χ3n) is 11.5. The number of rotatable bonds is 8. The average molecular weight is 791 g/mol. The van der Waals surface area contributed by atoms with Gasteiger partial charge in [0.25, 0.3) is 0 Å². The van der Waals surface area contributed by atoms with E-state index in [2.05, 4.69) is 182 Å². The Morgan fingerprint density at radius 1 is 0.242 bits per heavy atom. The molecule has 4 nitrogen and oxygen atoms in total. The molecule has 4 heteroatoms. The Balaban J connectivity index is 1.08. The summed E-state index contributed by atoms with van der Waals surface area (Å²) in [7, 11) is 0. The summed E-state index contributed by atoms with van der Waals surface area (Å²) >= 11 is 0. The molecular weight excluding hydrogens is 753 g/mol. The van der Waals surface area contributed by atoms with E-state index >= 15 is 0 Å². The third kappa shape index (κ3) is 7.10. The van der Waals surface area contributed by atoms with Crippen LogP contribution in [-0.2, 0) is 0 Å². The average Bonchev–Trinajstić information content (AvgIpc) is 3.37. The minimum Gasteiger partial charge on any atom is -0.247 e. The van der Waals surface area contributed by atoms with Gasteiger partial charge in [0, 0.05) is 33.2 Å². The number of fused-ring (bicyclic) bond motifs is 3. The van der Waals surface area contributed by atoms with Gasteiger partial charge in [-0.1, -0.05) is 200 Å². The van der Waals surface area contributed by atoms with Crippen molar-refractivity contribution in [2.24, 2.45) is 0 Å². The van der Waals surface area contributed by atoms with Crippen LogP contribution in [0.5, 0.6) is 0 Å². The summed E-state index contributed by atoms with van der Waals surface area (Å²) in [6, 6.07) is 80.6. The summed E-state index contributed by atoms with van der Waals surface area (Å²) in [6.45, 7) is 0. The van der Waals surface area contributed by atoms with Gasteiger partial charge in [0.05, 0.1) is 11.2 Å². The van der Waals surface area contributed by atoms with Crippen LogP contribution in [0, 0.1) is 0 Å². The van der Waals surface area contributed by atoms with Crippen molar-refractivity contribution in [1.29, 1.82) is 0 Å². The number of aromatic nitrogens is 4. The SMILES string of the molecule is c1ccc(-c2cc(-c3ccccc3)cc(-c3nc(-c4ccccc4)nc(-c4ccc(-c5cc6ccccc6c6c(-c7ccccc7)cc(-c7ccccc7)nc56)cc4)n3)c2)cc1. The van der Waals surface area contributed by atoms with Gasteiger partial charge in [0.1, 0.15) is 0 Å². The molecule has 0 unspecified atom stereocenters. The predicted molar refractivity (Wildman–Crippen MR) is 256 cm³/mol. The second kappa shape index (κ2) is 16.0. The van der Waals surface area contributed by atoms with Gasteiger partial charge in [-0.25, -0.2) is 19.9 Å². The standard InChI is InChI=1S/C58H38N4/c1-6-18-39(19-7-1)47-34-48(40-20-8-2-9-21-40)36-49(35-47)58-61-56(44-26-14-5-15-27-44)60-57(62-58)45-32-30-42(31-33-45)52-37-46-28-16-17-29-50(46)54-51(41-22-10-3-11-23-41)38-53(59-55(52)54)43-24-12-4-13-25-43/h1-38H. The van der Waals surface area contributed by atoms with Crippen molar-refractivity contribution >= 4 is 21.7 Å². The van der Waals surface area contributed by atoms with Crippen LogP contribution in [-0.4, -0.2) is 19.9 Å². The van der Waals surface area contributed by atoms with Crippen molar-refractivity contribution in [3.8, 4) is 89.9 Å². The van der Waals surface area contributed by atoms with Crippen molar-refractivity contribution in [2.75, 3.05) is 0 Å². The maximum absolute atomic E-state index is 5.45. The maximum atomic E-state index is 5.45. The molecule has 0 spiro atoms. The first kappa shape index (κ1) is 36.7. The molecule has 62 heavy (non-hydrogen) atoms. The van der Waals surface area contributed by atoms with E-state index in [4.69, 9.17) is 19.9 Å². The van der Waals surface area contributed by atoms with E-state index in [1.165, 1.54) is 5.39 Å². The maximum Gasteiger partial charge on any atom is 0.164 e. The highest BCUT2D eigenvalue weighted by Gasteiger charge is 2.19. The fourth-order valence-electron chi connectivity index (χ4n) is 8.41. The summed E-state index contributed by atoms with van der Waals surface area (Å²) in [5.41, 5.74) is 14.6. The Kier molecular flexibility index (Phi) is 9.49. The smallest absolute Gasteiger partial charge is 0.164 e. The zero-order valence-corrected chi connectivity index (χ0v) is 33.7. The van der Waals surface area contributed by atoms with Gasteiger partial charge in [0.2, 0.25) is 0 Å². The molecule has 0 bridgehead atoms. The first-order valence-corrected chi connectivity index (χ1v) is 20.9. The van der Waals surface area contributed by atoms with Crippen molar-refractivity contribution in [2.45, 2.75) is 0 Å². The summed E-state index contributed by atoms with van der Waals surface area (Å²) < 4.78 is 0. The van der Waals surface area contributed by atoms with Gasteiger partial charge in [-0.15, -0.1) is 0 Å². The van der Waals surface area contributed by atoms with E-state index in [9.17, 15) is 0 Å². The molecule has 0 aliphatic carbocycles. The summed E-state index contributed by atoms with van der Waals surface area (Å²) in [4.78, 5) is 20.9. The van der Waals surface area contributed by atoms with E-state index in [0.29, 0.717) is 17.5 Å². The van der Waals surface area contributed by atoms with Gasteiger partial charge in [-0.2, -0.15) is 0 Å². The van der Waals surface area contributed by atoms with Crippen LogP contribution in [0.4, 0.5) is 0 Å². The molecule has 0 amide bonds. The molecule has 0 N–H and O–H groups in total. The lowest BCUT2D eigenvalue weighted by Crippen LogP contribution is -2.00. The number of pyridine rings is 1. The lowest BCUT2D eigenvalue weighted by atomic mass is 9.90. The lowest BCUT2D eigenvalue weighted by molar-refractivity contribution is 1.07. The molecule has 11 aromatic rings. The molecule has 2 aromatic heterocycles. The largest absolute Gasteiger partial charge is 0.247 e. The molecule has 0 radical (unpaired) electrons. The van der Waals surface area contributed by atoms with Crippen LogP contribution in [0.25, 0.3) is 112 Å². The first-order chi connectivity index (χ1) is 30.7. The highest BCUT2D eigenvalue weighted by molar-refractivity contribution is 6.18. The fourth-order valence-corrected chi connectivity index (χ4v) is 8.41. The fraction of sp³-hybridized carbons (Fsp3) is 0. The first-order valence-electron chi connectivity index (χ1n) is 20.9. The molecule has 0 saturated heterocycles. The molecule has 0 fully saturated rings. The van der Waals surface area contributed by atoms with Crippen LogP contribution < -0.4 is 0 Å². The highest BCUT2D eigenvalue weighted by Crippen LogP contribution is 2.42. The Morgan fingerprint density at radius 3 is 1.21 bits per heavy atom. The van der Waals surface area contributed by atoms with Crippen molar-refractivity contribution < 1.29 is 0 Å². The monoisotopic (exact) mass is 790 g/mol. The minimum atomic E-state index is 0.603. The Morgan fingerprint density at radius 2 is 0.645 bits per heavy atom. The molecule has 0 atom stereocenters. The Hall–Kier alpha value is -8.34. The molecule has 0 aliphatic rings. The minimum absolute atomic E-state index is 0.603. The Bertz CT molecular complexity index is 3300. The van der Waals surface area contributed by atoms with Gasteiger partial charge < -0.3 is 0 Å². The van der Waals surface area contributed by atoms with Crippen LogP contribution in [0.1, 0.15) is 0 Å². The topological polar surface area (TPSA) is 51.6 Å². The van der Waals surface area contributed by atoms with Crippen LogP contribution in [0.2, 0.25) is 0 Å². The zero-order chi connectivity index (χ0) is 41.2. The normalized spacial score (nSPS) is 11.2. The summed E-state index contributed by atoms with van der Waals surface area (Å²) in [5, 5.41) is 3.47. The van der Waals surface area contributed by atoms with Crippen LogP contribution in [0.3, 0.4) is 0 Å². The second-order valence-electron chi connectivity index (χ2n) is 15.4. The predicted octanol–water partition coefficient (Wildman–Crippen LogP) is 14.9. The van der Waals surface area contributed by atoms with Crippen LogP contribution in [0.15, 0.2) is 231 Å². The van der Waals surface area contributed by atoms with Gasteiger partial charge in [-0.3, -0.25) is 0 Å². The zero-order valence-electron chi connectivity index (χ0n) is 33.7. The van der Waals surface area contributed by atoms with Crippen molar-refractivity contribution in [3.05, 3.63) is 231 Å². The molecule has 0 aliphatic heterocycles. The van der Waals surface area contributed by atoms with E-state index in [0.717, 1.165) is 88.7 Å². The number of hydrogen-bond acceptors (Lipinski definition) is 4. The van der Waals surface area contributed by atoms with E-state index in [-0.39, 0.29) is 0 Å². The van der Waals surface area contributed by atoms with Gasteiger partial charge in [-0.05, 0) is 80.0 Å². The Labute approximate surface area is 360 Å². The number of benzene rings is 9. The van der Waals surface area contributed by atoms with Gasteiger partial charge >= 0.3 is 0 Å². The van der Waals surface area contributed by atoms with E-state index < -0.39 is 0 Å². The van der Waals surface area contributed by atoms with E-state index in [1.54, 1.807) is 0 Å².